The van der Waals surface area contributed by atoms with Crippen LogP contribution in [0.4, 0.5) is 23.2 Å². The standard InChI is InChI=1S/C29H25F4N3O3/c1-17-13-20(24-15-22(39-2)9-10-25(24)30)6-5-19(17)14-18-3-7-21(8-4-18)36-26(16-27(37)38)23(11-12-34)28(35-36)29(31,32)33/h3-10,13,15,23,26H,11,14,16H2,1-2H3,(H,37,38). The Labute approximate surface area is 222 Å². The van der Waals surface area contributed by atoms with Gasteiger partial charge in [-0.25, -0.2) is 4.39 Å². The number of carboxylic acid groups (broad SMARTS) is 1. The van der Waals surface area contributed by atoms with Gasteiger partial charge in [0.05, 0.1) is 31.3 Å². The molecule has 39 heavy (non-hydrogen) atoms. The van der Waals surface area contributed by atoms with Crippen LogP contribution < -0.4 is 9.75 Å². The number of aliphatic carboxylic acids is 1. The zero-order chi connectivity index (χ0) is 28.3. The molecule has 1 heterocycles. The van der Waals surface area contributed by atoms with E-state index in [1.807, 2.05) is 25.1 Å². The molecule has 0 aliphatic carbocycles. The van der Waals surface area contributed by atoms with E-state index in [9.17, 15) is 27.5 Å². The normalized spacial score (nSPS) is 17.1. The molecule has 202 valence electrons. The van der Waals surface area contributed by atoms with Crippen molar-refractivity contribution in [2.24, 2.45) is 11.0 Å². The van der Waals surface area contributed by atoms with E-state index in [2.05, 4.69) is 5.10 Å². The summed E-state index contributed by atoms with van der Waals surface area (Å²) in [6.45, 7) is 1.91. The zero-order valence-electron chi connectivity index (χ0n) is 21.2. The highest BCUT2D eigenvalue weighted by Crippen LogP contribution is 2.38. The minimum absolute atomic E-state index is 0.299. The Balaban J connectivity index is 1.58. The maximum absolute atomic E-state index is 14.4. The monoisotopic (exact) mass is 539 g/mol. The van der Waals surface area contributed by atoms with E-state index >= 15 is 0 Å². The second-order valence-corrected chi connectivity index (χ2v) is 9.29. The third kappa shape index (κ3) is 6.03. The molecule has 0 spiro atoms. The van der Waals surface area contributed by atoms with Crippen LogP contribution in [0.25, 0.3) is 11.1 Å². The predicted molar refractivity (Wildman–Crippen MR) is 138 cm³/mol. The molecular formula is C29H25F4N3O3. The Morgan fingerprint density at radius 1 is 1.13 bits per heavy atom. The molecule has 4 rings (SSSR count). The molecule has 0 amide bonds. The summed E-state index contributed by atoms with van der Waals surface area (Å²) in [4.78, 5) is 11.4. The number of hydrogen-bond acceptors (Lipinski definition) is 5. The molecule has 10 heteroatoms. The van der Waals surface area contributed by atoms with Crippen LogP contribution in [0.1, 0.15) is 29.5 Å². The number of hydrazone groups is 1. The maximum atomic E-state index is 14.4. The third-order valence-corrected chi connectivity index (χ3v) is 6.75. The van der Waals surface area contributed by atoms with E-state index in [1.165, 1.54) is 13.2 Å². The first-order valence-electron chi connectivity index (χ1n) is 12.1. The van der Waals surface area contributed by atoms with Crippen molar-refractivity contribution in [3.8, 4) is 22.9 Å². The number of benzene rings is 3. The summed E-state index contributed by atoms with van der Waals surface area (Å²) in [6.07, 6.45) is -5.37. The lowest BCUT2D eigenvalue weighted by atomic mass is 9.90. The SMILES string of the molecule is COc1ccc(F)c(-c2ccc(Cc3ccc(N4N=C(C(F)(F)F)C(CC#N)C4CC(=O)O)cc3)c(C)c2)c1. The summed E-state index contributed by atoms with van der Waals surface area (Å²) in [6, 6.07) is 17.4. The minimum atomic E-state index is -4.79. The van der Waals surface area contributed by atoms with Gasteiger partial charge in [0.2, 0.25) is 0 Å². The number of aryl methyl sites for hydroxylation is 1. The fourth-order valence-corrected chi connectivity index (χ4v) is 4.77. The lowest BCUT2D eigenvalue weighted by Crippen LogP contribution is -2.38. The molecule has 0 radical (unpaired) electrons. The summed E-state index contributed by atoms with van der Waals surface area (Å²) < 4.78 is 60.5. The Morgan fingerprint density at radius 3 is 2.44 bits per heavy atom. The van der Waals surface area contributed by atoms with Crippen LogP contribution in [-0.2, 0) is 11.2 Å². The van der Waals surface area contributed by atoms with Gasteiger partial charge in [-0.3, -0.25) is 9.80 Å². The third-order valence-electron chi connectivity index (χ3n) is 6.75. The molecule has 0 saturated heterocycles. The van der Waals surface area contributed by atoms with Crippen molar-refractivity contribution in [2.75, 3.05) is 12.1 Å². The highest BCUT2D eigenvalue weighted by molar-refractivity contribution is 5.96. The second-order valence-electron chi connectivity index (χ2n) is 9.29. The van der Waals surface area contributed by atoms with Crippen molar-refractivity contribution in [1.29, 1.82) is 5.26 Å². The van der Waals surface area contributed by atoms with Crippen LogP contribution in [0.2, 0.25) is 0 Å². The lowest BCUT2D eigenvalue weighted by Gasteiger charge is -2.26. The number of rotatable bonds is 8. The number of carboxylic acids is 1. The van der Waals surface area contributed by atoms with Crippen molar-refractivity contribution in [2.45, 2.75) is 38.4 Å². The summed E-state index contributed by atoms with van der Waals surface area (Å²) in [5.74, 6) is -2.48. The van der Waals surface area contributed by atoms with Gasteiger partial charge in [-0.15, -0.1) is 0 Å². The molecule has 1 aliphatic heterocycles. The van der Waals surface area contributed by atoms with Crippen LogP contribution in [0.3, 0.4) is 0 Å². The number of hydrogen-bond donors (Lipinski definition) is 1. The van der Waals surface area contributed by atoms with E-state index in [4.69, 9.17) is 10.00 Å². The molecule has 1 aliphatic rings. The van der Waals surface area contributed by atoms with Gasteiger partial charge in [0, 0.05) is 17.9 Å². The number of alkyl halides is 3. The van der Waals surface area contributed by atoms with E-state index < -0.39 is 42.7 Å². The Kier molecular flexibility index (Phi) is 7.90. The van der Waals surface area contributed by atoms with Crippen LogP contribution >= 0.6 is 0 Å². The number of carbonyl (C=O) groups is 1. The van der Waals surface area contributed by atoms with Gasteiger partial charge in [-0.1, -0.05) is 30.3 Å². The fraction of sp³-hybridized carbons (Fsp3) is 0.276. The van der Waals surface area contributed by atoms with E-state index in [1.54, 1.807) is 42.5 Å². The van der Waals surface area contributed by atoms with Crippen molar-refractivity contribution >= 4 is 17.4 Å². The molecule has 2 atom stereocenters. The molecule has 3 aromatic rings. The van der Waals surface area contributed by atoms with Crippen LogP contribution in [0, 0.1) is 30.0 Å². The molecule has 0 aromatic heterocycles. The van der Waals surface area contributed by atoms with Crippen LogP contribution in [0.15, 0.2) is 65.8 Å². The molecule has 3 aromatic carbocycles. The number of halogens is 4. The highest BCUT2D eigenvalue weighted by Gasteiger charge is 2.50. The van der Waals surface area contributed by atoms with Gasteiger partial charge in [-0.2, -0.15) is 23.5 Å². The molecule has 0 bridgehead atoms. The lowest BCUT2D eigenvalue weighted by molar-refractivity contribution is -0.137. The number of ether oxygens (including phenoxy) is 1. The first-order chi connectivity index (χ1) is 18.5. The maximum Gasteiger partial charge on any atom is 0.431 e. The summed E-state index contributed by atoms with van der Waals surface area (Å²) in [5, 5.41) is 23.2. The van der Waals surface area contributed by atoms with E-state index in [0.717, 1.165) is 21.7 Å². The summed E-state index contributed by atoms with van der Waals surface area (Å²) in [7, 11) is 1.51. The Bertz CT molecular complexity index is 1450. The number of anilines is 1. The Morgan fingerprint density at radius 2 is 1.85 bits per heavy atom. The van der Waals surface area contributed by atoms with Gasteiger partial charge in [0.25, 0.3) is 0 Å². The average molecular weight is 540 g/mol. The van der Waals surface area contributed by atoms with Crippen LogP contribution in [-0.4, -0.2) is 36.1 Å². The first kappa shape index (κ1) is 27.6. The molecule has 0 fully saturated rings. The molecule has 6 nitrogen and oxygen atoms in total. The molecule has 0 saturated carbocycles. The van der Waals surface area contributed by atoms with E-state index in [0.29, 0.717) is 29.0 Å². The van der Waals surface area contributed by atoms with E-state index in [-0.39, 0.29) is 5.82 Å². The topological polar surface area (TPSA) is 85.9 Å². The Hall–Kier alpha value is -4.39. The van der Waals surface area contributed by atoms with Gasteiger partial charge < -0.3 is 9.84 Å². The quantitative estimate of drug-likeness (QED) is 0.330. The largest absolute Gasteiger partial charge is 0.497 e. The molecule has 1 N–H and O–H groups in total. The first-order valence-corrected chi connectivity index (χ1v) is 12.1. The number of nitrogens with zero attached hydrogens (tertiary/aromatic N) is 3. The van der Waals surface area contributed by atoms with Gasteiger partial charge in [0.1, 0.15) is 17.3 Å². The fourth-order valence-electron chi connectivity index (χ4n) is 4.77. The average Bonchev–Trinajstić information content (AvgIpc) is 3.24. The van der Waals surface area contributed by atoms with Crippen molar-refractivity contribution in [3.63, 3.8) is 0 Å². The van der Waals surface area contributed by atoms with Gasteiger partial charge in [-0.05, 0) is 65.9 Å². The smallest absolute Gasteiger partial charge is 0.431 e. The highest BCUT2D eigenvalue weighted by atomic mass is 19.4. The van der Waals surface area contributed by atoms with Crippen molar-refractivity contribution in [1.82, 2.24) is 0 Å². The van der Waals surface area contributed by atoms with Crippen molar-refractivity contribution in [3.05, 3.63) is 83.2 Å². The number of nitriles is 1. The molecule has 2 unspecified atom stereocenters. The minimum Gasteiger partial charge on any atom is -0.497 e. The van der Waals surface area contributed by atoms with Gasteiger partial charge in [0.15, 0.2) is 0 Å². The predicted octanol–water partition coefficient (Wildman–Crippen LogP) is 6.51. The van der Waals surface area contributed by atoms with Crippen LogP contribution in [0.5, 0.6) is 5.75 Å². The summed E-state index contributed by atoms with van der Waals surface area (Å²) in [5.41, 5.74) is 3.04. The van der Waals surface area contributed by atoms with Crippen molar-refractivity contribution < 1.29 is 32.2 Å². The summed E-state index contributed by atoms with van der Waals surface area (Å²) >= 11 is 0. The zero-order valence-corrected chi connectivity index (χ0v) is 21.2. The molecular weight excluding hydrogens is 514 g/mol. The number of methoxy groups -OCH3 is 1. The second kappa shape index (κ2) is 11.2. The van der Waals surface area contributed by atoms with Gasteiger partial charge >= 0.3 is 12.1 Å².